The molecule has 21 heavy (non-hydrogen) atoms. The van der Waals surface area contributed by atoms with E-state index >= 15 is 0 Å². The molecule has 0 amide bonds. The molecule has 0 aliphatic heterocycles. The van der Waals surface area contributed by atoms with Crippen molar-refractivity contribution in [2.75, 3.05) is 0 Å². The normalized spacial score (nSPS) is 12.0. The molecular formula is C14H7Cl2F3N2. The van der Waals surface area contributed by atoms with Crippen molar-refractivity contribution in [1.29, 1.82) is 0 Å². The zero-order valence-electron chi connectivity index (χ0n) is 10.3. The molecule has 2 aromatic heterocycles. The molecule has 0 fully saturated rings. The summed E-state index contributed by atoms with van der Waals surface area (Å²) in [6, 6.07) is 6.51. The van der Waals surface area contributed by atoms with Gasteiger partial charge < -0.3 is 4.40 Å². The Morgan fingerprint density at radius 3 is 2.52 bits per heavy atom. The summed E-state index contributed by atoms with van der Waals surface area (Å²) in [5, 5.41) is 0.751. The van der Waals surface area contributed by atoms with Gasteiger partial charge in [0.1, 0.15) is 0 Å². The van der Waals surface area contributed by atoms with Crippen LogP contribution in [0.2, 0.25) is 10.0 Å². The van der Waals surface area contributed by atoms with Crippen LogP contribution in [-0.4, -0.2) is 9.38 Å². The largest absolute Gasteiger partial charge is 0.416 e. The van der Waals surface area contributed by atoms with Crippen LogP contribution in [0.15, 0.2) is 42.7 Å². The summed E-state index contributed by atoms with van der Waals surface area (Å²) >= 11 is 11.9. The van der Waals surface area contributed by atoms with E-state index in [4.69, 9.17) is 23.2 Å². The van der Waals surface area contributed by atoms with Gasteiger partial charge in [0.15, 0.2) is 5.65 Å². The van der Waals surface area contributed by atoms with Crippen molar-refractivity contribution < 1.29 is 13.2 Å². The van der Waals surface area contributed by atoms with Gasteiger partial charge in [-0.2, -0.15) is 13.2 Å². The summed E-state index contributed by atoms with van der Waals surface area (Å²) in [5.41, 5.74) is 0.473. The van der Waals surface area contributed by atoms with Crippen molar-refractivity contribution in [1.82, 2.24) is 9.38 Å². The predicted octanol–water partition coefficient (Wildman–Crippen LogP) is 5.33. The Balaban J connectivity index is 2.15. The lowest BCUT2D eigenvalue weighted by atomic mass is 10.1. The number of fused-ring (bicyclic) bond motifs is 1. The molecule has 0 aliphatic rings. The molecule has 0 atom stereocenters. The first-order valence-corrected chi connectivity index (χ1v) is 6.61. The molecule has 7 heteroatoms. The van der Waals surface area contributed by atoms with Gasteiger partial charge >= 0.3 is 6.18 Å². The highest BCUT2D eigenvalue weighted by atomic mass is 35.5. The lowest BCUT2D eigenvalue weighted by Gasteiger charge is -2.07. The van der Waals surface area contributed by atoms with Crippen LogP contribution in [0.25, 0.3) is 16.9 Å². The standard InChI is InChI=1S/C14H7Cl2F3N2/c15-10-5-11(16)13-20-12(7-21(13)6-10)8-2-1-3-9(4-8)14(17,18)19/h1-7H. The molecular weight excluding hydrogens is 324 g/mol. The highest BCUT2D eigenvalue weighted by Crippen LogP contribution is 2.32. The third kappa shape index (κ3) is 2.71. The fourth-order valence-electron chi connectivity index (χ4n) is 2.02. The van der Waals surface area contributed by atoms with Crippen LogP contribution >= 0.6 is 23.2 Å². The lowest BCUT2D eigenvalue weighted by Crippen LogP contribution is -2.04. The first kappa shape index (κ1) is 14.2. The molecule has 108 valence electrons. The van der Waals surface area contributed by atoms with Crippen LogP contribution in [-0.2, 0) is 6.18 Å². The Hall–Kier alpha value is -1.72. The van der Waals surface area contributed by atoms with E-state index in [2.05, 4.69) is 4.98 Å². The van der Waals surface area contributed by atoms with Crippen molar-refractivity contribution in [3.05, 3.63) is 58.3 Å². The van der Waals surface area contributed by atoms with E-state index in [-0.39, 0.29) is 0 Å². The zero-order valence-corrected chi connectivity index (χ0v) is 11.8. The summed E-state index contributed by atoms with van der Waals surface area (Å²) in [6.45, 7) is 0. The fourth-order valence-corrected chi connectivity index (χ4v) is 2.55. The van der Waals surface area contributed by atoms with E-state index in [0.29, 0.717) is 26.9 Å². The number of hydrogen-bond acceptors (Lipinski definition) is 1. The maximum Gasteiger partial charge on any atom is 0.416 e. The van der Waals surface area contributed by atoms with Gasteiger partial charge in [-0.25, -0.2) is 4.98 Å². The van der Waals surface area contributed by atoms with Crippen molar-refractivity contribution in [3.8, 4) is 11.3 Å². The van der Waals surface area contributed by atoms with E-state index in [9.17, 15) is 13.2 Å². The number of benzene rings is 1. The van der Waals surface area contributed by atoms with E-state index in [1.54, 1.807) is 22.9 Å². The maximum absolute atomic E-state index is 12.7. The van der Waals surface area contributed by atoms with Crippen LogP contribution < -0.4 is 0 Å². The van der Waals surface area contributed by atoms with Gasteiger partial charge in [-0.3, -0.25) is 0 Å². The molecule has 0 bridgehead atoms. The summed E-state index contributed by atoms with van der Waals surface area (Å²) < 4.78 is 39.8. The summed E-state index contributed by atoms with van der Waals surface area (Å²) in [6.07, 6.45) is -1.22. The third-order valence-corrected chi connectivity index (χ3v) is 3.44. The van der Waals surface area contributed by atoms with Gasteiger partial charge in [-0.1, -0.05) is 35.3 Å². The molecule has 0 N–H and O–H groups in total. The first-order chi connectivity index (χ1) is 9.84. The van der Waals surface area contributed by atoms with E-state index in [0.717, 1.165) is 12.1 Å². The van der Waals surface area contributed by atoms with Gasteiger partial charge in [0.2, 0.25) is 0 Å². The second-order valence-electron chi connectivity index (χ2n) is 4.44. The van der Waals surface area contributed by atoms with Crippen LogP contribution in [0.3, 0.4) is 0 Å². The number of hydrogen-bond donors (Lipinski definition) is 0. The molecule has 3 aromatic rings. The van der Waals surface area contributed by atoms with E-state index in [1.807, 2.05) is 0 Å². The minimum atomic E-state index is -4.39. The number of halogens is 5. The van der Waals surface area contributed by atoms with Crippen LogP contribution in [0.4, 0.5) is 13.2 Å². The Morgan fingerprint density at radius 1 is 1.05 bits per heavy atom. The Kier molecular flexibility index (Phi) is 3.34. The molecule has 3 rings (SSSR count). The molecule has 0 saturated heterocycles. The molecule has 2 heterocycles. The second-order valence-corrected chi connectivity index (χ2v) is 5.29. The molecule has 0 aliphatic carbocycles. The quantitative estimate of drug-likeness (QED) is 0.589. The van der Waals surface area contributed by atoms with Gasteiger partial charge in [0, 0.05) is 18.0 Å². The molecule has 0 unspecified atom stereocenters. The SMILES string of the molecule is FC(F)(F)c1cccc(-c2cn3cc(Cl)cc(Cl)c3n2)c1. The van der Waals surface area contributed by atoms with Gasteiger partial charge in [-0.15, -0.1) is 0 Å². The summed E-state index contributed by atoms with van der Waals surface area (Å²) in [7, 11) is 0. The second kappa shape index (κ2) is 4.93. The number of imidazole rings is 1. The number of aromatic nitrogens is 2. The molecule has 0 spiro atoms. The smallest absolute Gasteiger partial charge is 0.304 e. The van der Waals surface area contributed by atoms with Crippen molar-refractivity contribution >= 4 is 28.8 Å². The van der Waals surface area contributed by atoms with Crippen molar-refractivity contribution in [2.45, 2.75) is 6.18 Å². The van der Waals surface area contributed by atoms with E-state index < -0.39 is 11.7 Å². The average molecular weight is 331 g/mol. The van der Waals surface area contributed by atoms with Crippen molar-refractivity contribution in [2.24, 2.45) is 0 Å². The van der Waals surface area contributed by atoms with Gasteiger partial charge in [-0.05, 0) is 18.2 Å². The van der Waals surface area contributed by atoms with Crippen LogP contribution in [0.5, 0.6) is 0 Å². The maximum atomic E-state index is 12.7. The number of nitrogens with zero attached hydrogens (tertiary/aromatic N) is 2. The minimum Gasteiger partial charge on any atom is -0.304 e. The molecule has 2 nitrogen and oxygen atoms in total. The fraction of sp³-hybridized carbons (Fsp3) is 0.0714. The van der Waals surface area contributed by atoms with Crippen LogP contribution in [0.1, 0.15) is 5.56 Å². The number of alkyl halides is 3. The highest BCUT2D eigenvalue weighted by molar-refractivity contribution is 6.36. The monoisotopic (exact) mass is 330 g/mol. The summed E-state index contributed by atoms with van der Waals surface area (Å²) in [4.78, 5) is 4.25. The Labute approximate surface area is 127 Å². The predicted molar refractivity (Wildman–Crippen MR) is 75.7 cm³/mol. The number of rotatable bonds is 1. The zero-order chi connectivity index (χ0) is 15.2. The topological polar surface area (TPSA) is 17.3 Å². The molecule has 0 radical (unpaired) electrons. The third-order valence-electron chi connectivity index (χ3n) is 2.96. The Bertz CT molecular complexity index is 825. The average Bonchev–Trinajstić information content (AvgIpc) is 2.82. The van der Waals surface area contributed by atoms with Gasteiger partial charge in [0.05, 0.1) is 21.3 Å². The summed E-state index contributed by atoms with van der Waals surface area (Å²) in [5.74, 6) is 0. The van der Waals surface area contributed by atoms with Crippen molar-refractivity contribution in [3.63, 3.8) is 0 Å². The molecule has 0 saturated carbocycles. The van der Waals surface area contributed by atoms with Gasteiger partial charge in [0.25, 0.3) is 0 Å². The minimum absolute atomic E-state index is 0.334. The molecule has 1 aromatic carbocycles. The van der Waals surface area contributed by atoms with E-state index in [1.165, 1.54) is 12.1 Å². The lowest BCUT2D eigenvalue weighted by molar-refractivity contribution is -0.137. The van der Waals surface area contributed by atoms with Crippen LogP contribution in [0, 0.1) is 0 Å². The Morgan fingerprint density at radius 2 is 1.81 bits per heavy atom. The first-order valence-electron chi connectivity index (χ1n) is 5.86. The number of pyridine rings is 1. The highest BCUT2D eigenvalue weighted by Gasteiger charge is 2.30.